The van der Waals surface area contributed by atoms with Gasteiger partial charge in [0, 0.05) is 62.8 Å². The molecule has 0 spiro atoms. The maximum absolute atomic E-state index is 13.9. The molecule has 0 atom stereocenters. The first-order valence-electron chi connectivity index (χ1n) is 7.84. The Morgan fingerprint density at radius 2 is 1.79 bits per heavy atom. The van der Waals surface area contributed by atoms with E-state index in [1.54, 1.807) is 10.9 Å². The van der Waals surface area contributed by atoms with Crippen molar-refractivity contribution in [1.82, 2.24) is 14.8 Å². The zero-order valence-electron chi connectivity index (χ0n) is 13.3. The highest BCUT2D eigenvalue weighted by Crippen LogP contribution is 2.29. The molecule has 1 saturated heterocycles. The van der Waals surface area contributed by atoms with Gasteiger partial charge in [0.2, 0.25) is 0 Å². The Kier molecular flexibility index (Phi) is 3.55. The first-order chi connectivity index (χ1) is 11.6. The molecule has 4 rings (SSSR count). The van der Waals surface area contributed by atoms with Gasteiger partial charge in [0.25, 0.3) is 0 Å². The van der Waals surface area contributed by atoms with Crippen LogP contribution in [-0.4, -0.2) is 40.9 Å². The van der Waals surface area contributed by atoms with Gasteiger partial charge in [0.15, 0.2) is 5.82 Å². The number of fused-ring (bicyclic) bond motifs is 1. The molecule has 0 bridgehead atoms. The van der Waals surface area contributed by atoms with E-state index in [0.29, 0.717) is 5.39 Å². The Morgan fingerprint density at radius 3 is 2.50 bits per heavy atom. The van der Waals surface area contributed by atoms with E-state index in [9.17, 15) is 8.78 Å². The summed E-state index contributed by atoms with van der Waals surface area (Å²) < 4.78 is 29.3. The smallest absolute Gasteiger partial charge is 0.152 e. The van der Waals surface area contributed by atoms with Gasteiger partial charge in [0.05, 0.1) is 11.9 Å². The normalized spacial score (nSPS) is 15.3. The van der Waals surface area contributed by atoms with Crippen LogP contribution in [0, 0.1) is 11.6 Å². The average Bonchev–Trinajstić information content (AvgIpc) is 3.01. The van der Waals surface area contributed by atoms with Crippen molar-refractivity contribution >= 4 is 22.3 Å². The Bertz CT molecular complexity index is 884. The van der Waals surface area contributed by atoms with Gasteiger partial charge in [0.1, 0.15) is 11.3 Å². The molecule has 0 radical (unpaired) electrons. The highest BCUT2D eigenvalue weighted by atomic mass is 19.1. The molecule has 3 aromatic rings. The van der Waals surface area contributed by atoms with Gasteiger partial charge in [-0.3, -0.25) is 9.67 Å². The Labute approximate surface area is 138 Å². The van der Waals surface area contributed by atoms with E-state index in [1.807, 2.05) is 25.5 Å². The van der Waals surface area contributed by atoms with E-state index in [1.165, 1.54) is 6.07 Å². The maximum atomic E-state index is 13.9. The Morgan fingerprint density at radius 1 is 1.04 bits per heavy atom. The maximum Gasteiger partial charge on any atom is 0.152 e. The van der Waals surface area contributed by atoms with E-state index in [-0.39, 0.29) is 5.52 Å². The van der Waals surface area contributed by atoms with Crippen LogP contribution in [0.2, 0.25) is 0 Å². The van der Waals surface area contributed by atoms with Gasteiger partial charge in [-0.2, -0.15) is 5.10 Å². The Balaban J connectivity index is 1.61. The summed E-state index contributed by atoms with van der Waals surface area (Å²) in [4.78, 5) is 8.46. The molecule has 5 nitrogen and oxygen atoms in total. The minimum atomic E-state index is -0.624. The third-order valence-electron chi connectivity index (χ3n) is 4.42. The van der Waals surface area contributed by atoms with Crippen molar-refractivity contribution in [2.75, 3.05) is 36.0 Å². The minimum absolute atomic E-state index is 0.212. The molecule has 0 unspecified atom stereocenters. The number of aryl methyl sites for hydroxylation is 1. The molecule has 0 amide bonds. The molecule has 3 heterocycles. The SMILES string of the molecule is Cn1cc(N2CCN(c3ccnc4c(F)cc(F)cc34)CC2)cn1. The third kappa shape index (κ3) is 2.55. The summed E-state index contributed by atoms with van der Waals surface area (Å²) in [6, 6.07) is 4.05. The molecular weight excluding hydrogens is 312 g/mol. The van der Waals surface area contributed by atoms with Crippen LogP contribution in [0.5, 0.6) is 0 Å². The fourth-order valence-corrected chi connectivity index (χ4v) is 3.22. The van der Waals surface area contributed by atoms with E-state index in [4.69, 9.17) is 0 Å². The zero-order chi connectivity index (χ0) is 16.7. The van der Waals surface area contributed by atoms with Crippen molar-refractivity contribution in [3.63, 3.8) is 0 Å². The molecule has 0 saturated carbocycles. The van der Waals surface area contributed by atoms with Crippen LogP contribution in [0.4, 0.5) is 20.2 Å². The predicted molar refractivity (Wildman–Crippen MR) is 89.3 cm³/mol. The van der Waals surface area contributed by atoms with Crippen molar-refractivity contribution in [3.8, 4) is 0 Å². The molecule has 2 aromatic heterocycles. The van der Waals surface area contributed by atoms with Gasteiger partial charge in [-0.05, 0) is 12.1 Å². The van der Waals surface area contributed by atoms with Gasteiger partial charge in [-0.15, -0.1) is 0 Å². The number of nitrogens with zero attached hydrogens (tertiary/aromatic N) is 5. The van der Waals surface area contributed by atoms with Crippen molar-refractivity contribution in [1.29, 1.82) is 0 Å². The van der Waals surface area contributed by atoms with Gasteiger partial charge in [-0.25, -0.2) is 8.78 Å². The minimum Gasteiger partial charge on any atom is -0.367 e. The highest BCUT2D eigenvalue weighted by molar-refractivity contribution is 5.92. The Hall–Kier alpha value is -2.70. The second-order valence-electron chi connectivity index (χ2n) is 5.96. The van der Waals surface area contributed by atoms with Crippen molar-refractivity contribution in [2.45, 2.75) is 0 Å². The predicted octanol–water partition coefficient (Wildman–Crippen LogP) is 2.57. The first-order valence-corrected chi connectivity index (χ1v) is 7.84. The number of piperazine rings is 1. The summed E-state index contributed by atoms with van der Waals surface area (Å²) in [6.07, 6.45) is 5.41. The summed E-state index contributed by atoms with van der Waals surface area (Å²) in [5, 5.41) is 4.72. The number of benzene rings is 1. The molecule has 1 aliphatic heterocycles. The molecule has 0 N–H and O–H groups in total. The highest BCUT2D eigenvalue weighted by Gasteiger charge is 2.21. The van der Waals surface area contributed by atoms with E-state index in [0.717, 1.165) is 43.6 Å². The summed E-state index contributed by atoms with van der Waals surface area (Å²) in [7, 11) is 1.89. The lowest BCUT2D eigenvalue weighted by Gasteiger charge is -2.37. The van der Waals surface area contributed by atoms with Crippen LogP contribution >= 0.6 is 0 Å². The lowest BCUT2D eigenvalue weighted by molar-refractivity contribution is 0.590. The fraction of sp³-hybridized carbons (Fsp3) is 0.294. The monoisotopic (exact) mass is 329 g/mol. The second-order valence-corrected chi connectivity index (χ2v) is 5.96. The van der Waals surface area contributed by atoms with Crippen molar-refractivity contribution in [3.05, 3.63) is 48.4 Å². The fourth-order valence-electron chi connectivity index (χ4n) is 3.22. The van der Waals surface area contributed by atoms with Crippen LogP contribution < -0.4 is 9.80 Å². The van der Waals surface area contributed by atoms with Crippen LogP contribution in [0.3, 0.4) is 0 Å². The molecule has 24 heavy (non-hydrogen) atoms. The van der Waals surface area contributed by atoms with Crippen LogP contribution in [0.25, 0.3) is 10.9 Å². The second kappa shape index (κ2) is 5.74. The van der Waals surface area contributed by atoms with E-state index < -0.39 is 11.6 Å². The van der Waals surface area contributed by atoms with E-state index in [2.05, 4.69) is 19.9 Å². The molecular formula is C17H17F2N5. The number of halogens is 2. The molecule has 7 heteroatoms. The number of aromatic nitrogens is 3. The molecule has 1 aliphatic rings. The topological polar surface area (TPSA) is 37.2 Å². The lowest BCUT2D eigenvalue weighted by atomic mass is 10.1. The largest absolute Gasteiger partial charge is 0.367 e. The van der Waals surface area contributed by atoms with Gasteiger partial charge in [-0.1, -0.05) is 0 Å². The quantitative estimate of drug-likeness (QED) is 0.724. The zero-order valence-corrected chi connectivity index (χ0v) is 13.3. The summed E-state index contributed by atoms with van der Waals surface area (Å²) in [5.74, 6) is -1.20. The number of hydrogen-bond donors (Lipinski definition) is 0. The number of rotatable bonds is 2. The van der Waals surface area contributed by atoms with Crippen LogP contribution in [0.15, 0.2) is 36.8 Å². The summed E-state index contributed by atoms with van der Waals surface area (Å²) in [5.41, 5.74) is 2.13. The number of hydrogen-bond acceptors (Lipinski definition) is 4. The lowest BCUT2D eigenvalue weighted by Crippen LogP contribution is -2.46. The van der Waals surface area contributed by atoms with Crippen molar-refractivity contribution < 1.29 is 8.78 Å². The van der Waals surface area contributed by atoms with Gasteiger partial charge >= 0.3 is 0 Å². The first kappa shape index (κ1) is 14.9. The third-order valence-corrected chi connectivity index (χ3v) is 4.42. The van der Waals surface area contributed by atoms with Gasteiger partial charge < -0.3 is 9.80 Å². The van der Waals surface area contributed by atoms with E-state index >= 15 is 0 Å². The number of anilines is 2. The van der Waals surface area contributed by atoms with Crippen molar-refractivity contribution in [2.24, 2.45) is 7.05 Å². The molecule has 0 aliphatic carbocycles. The molecule has 124 valence electrons. The number of pyridine rings is 1. The van der Waals surface area contributed by atoms with Crippen LogP contribution in [0.1, 0.15) is 0 Å². The summed E-state index contributed by atoms with van der Waals surface area (Å²) in [6.45, 7) is 3.19. The average molecular weight is 329 g/mol. The molecule has 1 fully saturated rings. The van der Waals surface area contributed by atoms with Crippen LogP contribution in [-0.2, 0) is 7.05 Å². The molecule has 1 aromatic carbocycles. The standard InChI is InChI=1S/C17H17F2N5/c1-22-11-13(10-21-22)23-4-6-24(7-5-23)16-2-3-20-17-14(16)8-12(18)9-15(17)19/h2-3,8-11H,4-7H2,1H3. The summed E-state index contributed by atoms with van der Waals surface area (Å²) >= 11 is 0.